The highest BCUT2D eigenvalue weighted by Crippen LogP contribution is 2.28. The number of hydrogen-bond acceptors (Lipinski definition) is 7. The molecule has 2 aliphatic heterocycles. The number of anilines is 1. The fourth-order valence-corrected chi connectivity index (χ4v) is 4.19. The van der Waals surface area contributed by atoms with Gasteiger partial charge in [-0.25, -0.2) is 14.6 Å². The summed E-state index contributed by atoms with van der Waals surface area (Å²) in [5.74, 6) is 1.03. The lowest BCUT2D eigenvalue weighted by atomic mass is 9.98. The summed E-state index contributed by atoms with van der Waals surface area (Å²) >= 11 is 0. The molecule has 0 radical (unpaired) electrons. The van der Waals surface area contributed by atoms with Crippen molar-refractivity contribution in [2.24, 2.45) is 13.0 Å². The van der Waals surface area contributed by atoms with Crippen molar-refractivity contribution in [1.29, 1.82) is 0 Å². The van der Waals surface area contributed by atoms with Crippen molar-refractivity contribution in [3.8, 4) is 0 Å². The molecule has 2 aromatic heterocycles. The van der Waals surface area contributed by atoms with E-state index in [0.717, 1.165) is 38.5 Å². The third-order valence-electron chi connectivity index (χ3n) is 6.06. The number of benzene rings is 1. The Hall–Kier alpha value is -3.33. The molecule has 0 spiro atoms. The van der Waals surface area contributed by atoms with Crippen LogP contribution >= 0.6 is 0 Å². The van der Waals surface area contributed by atoms with Crippen LogP contribution in [-0.2, 0) is 11.8 Å². The van der Waals surface area contributed by atoms with E-state index in [1.165, 1.54) is 11.9 Å². The van der Waals surface area contributed by atoms with E-state index < -0.39 is 0 Å². The van der Waals surface area contributed by atoms with Gasteiger partial charge in [-0.15, -0.1) is 5.10 Å². The van der Waals surface area contributed by atoms with Crippen molar-refractivity contribution in [2.45, 2.75) is 0 Å². The zero-order valence-corrected chi connectivity index (χ0v) is 17.6. The molecule has 0 N–H and O–H groups in total. The first-order valence-electron chi connectivity index (χ1n) is 10.7. The van der Waals surface area contributed by atoms with E-state index >= 15 is 0 Å². The first-order valence-corrected chi connectivity index (χ1v) is 10.7. The highest BCUT2D eigenvalue weighted by atomic mass is 16.2. The van der Waals surface area contributed by atoms with Crippen LogP contribution in [0.2, 0.25) is 0 Å². The van der Waals surface area contributed by atoms with Gasteiger partial charge in [0.05, 0.1) is 5.92 Å². The minimum atomic E-state index is 0.0196. The van der Waals surface area contributed by atoms with Crippen molar-refractivity contribution >= 4 is 29.0 Å². The maximum atomic E-state index is 12.9. The van der Waals surface area contributed by atoms with E-state index in [1.54, 1.807) is 4.68 Å². The van der Waals surface area contributed by atoms with Crippen LogP contribution in [0, 0.1) is 5.92 Å². The zero-order valence-electron chi connectivity index (χ0n) is 17.6. The molecule has 3 aromatic rings. The predicted molar refractivity (Wildman–Crippen MR) is 118 cm³/mol. The van der Waals surface area contributed by atoms with E-state index in [0.29, 0.717) is 24.3 Å². The Morgan fingerprint density at radius 1 is 1.10 bits per heavy atom. The summed E-state index contributed by atoms with van der Waals surface area (Å²) in [5.41, 5.74) is 2.61. The molecule has 9 nitrogen and oxygen atoms in total. The van der Waals surface area contributed by atoms with E-state index in [1.807, 2.05) is 30.1 Å². The number of piperazine rings is 1. The number of nitrogens with zero attached hydrogens (tertiary/aromatic N) is 8. The Balaban J connectivity index is 1.10. The summed E-state index contributed by atoms with van der Waals surface area (Å²) in [5, 5.41) is 8.20. The summed E-state index contributed by atoms with van der Waals surface area (Å²) in [6.07, 6.45) is 5.88. The lowest BCUT2D eigenvalue weighted by molar-refractivity contribution is -0.138. The summed E-state index contributed by atoms with van der Waals surface area (Å²) in [7, 11) is 1.81. The predicted octanol–water partition coefficient (Wildman–Crippen LogP) is 1.05. The average Bonchev–Trinajstić information content (AvgIpc) is 3.16. The van der Waals surface area contributed by atoms with E-state index in [9.17, 15) is 4.79 Å². The highest BCUT2D eigenvalue weighted by molar-refractivity contribution is 5.86. The minimum Gasteiger partial charge on any atom is -0.353 e. The molecule has 2 fully saturated rings. The van der Waals surface area contributed by atoms with Crippen LogP contribution in [0.25, 0.3) is 17.2 Å². The Morgan fingerprint density at radius 2 is 1.87 bits per heavy atom. The van der Waals surface area contributed by atoms with Crippen molar-refractivity contribution in [2.75, 3.05) is 50.7 Å². The number of carbonyl (C=O) groups is 1. The van der Waals surface area contributed by atoms with Crippen LogP contribution in [0.5, 0.6) is 0 Å². The molecular formula is C22H26N8O. The first kappa shape index (κ1) is 19.6. The quantitative estimate of drug-likeness (QED) is 0.612. The molecule has 1 amide bonds. The second-order valence-electron chi connectivity index (χ2n) is 8.12. The van der Waals surface area contributed by atoms with Gasteiger partial charge in [0.2, 0.25) is 5.91 Å². The SMILES string of the molecule is Cn1nnc2c(N3CC(C(=O)N4CCN(C/C=C/c5ccccc5)CC4)C3)ncnc21. The van der Waals surface area contributed by atoms with Gasteiger partial charge in [-0.05, 0) is 5.56 Å². The molecule has 5 rings (SSSR count). The fraction of sp³-hybridized carbons (Fsp3) is 0.409. The average molecular weight is 419 g/mol. The van der Waals surface area contributed by atoms with Gasteiger partial charge in [-0.1, -0.05) is 47.7 Å². The molecule has 2 saturated heterocycles. The van der Waals surface area contributed by atoms with Crippen LogP contribution in [0.4, 0.5) is 5.82 Å². The maximum absolute atomic E-state index is 12.9. The van der Waals surface area contributed by atoms with Gasteiger partial charge < -0.3 is 9.80 Å². The van der Waals surface area contributed by atoms with Crippen molar-refractivity contribution in [3.63, 3.8) is 0 Å². The zero-order chi connectivity index (χ0) is 21.2. The Labute approximate surface area is 181 Å². The molecule has 0 saturated carbocycles. The van der Waals surface area contributed by atoms with Gasteiger partial charge in [0.25, 0.3) is 0 Å². The lowest BCUT2D eigenvalue weighted by Gasteiger charge is -2.43. The molecule has 0 atom stereocenters. The molecular weight excluding hydrogens is 392 g/mol. The smallest absolute Gasteiger partial charge is 0.229 e. The van der Waals surface area contributed by atoms with Crippen LogP contribution in [0.1, 0.15) is 5.56 Å². The molecule has 9 heteroatoms. The third kappa shape index (κ3) is 4.00. The number of fused-ring (bicyclic) bond motifs is 1. The van der Waals surface area contributed by atoms with E-state index in [-0.39, 0.29) is 11.8 Å². The van der Waals surface area contributed by atoms with Crippen LogP contribution in [-0.4, -0.2) is 86.5 Å². The van der Waals surface area contributed by atoms with Gasteiger partial charge >= 0.3 is 0 Å². The second-order valence-corrected chi connectivity index (χ2v) is 8.12. The normalized spacial score (nSPS) is 18.1. The molecule has 160 valence electrons. The Kier molecular flexibility index (Phi) is 5.33. The van der Waals surface area contributed by atoms with Crippen LogP contribution in [0.3, 0.4) is 0 Å². The van der Waals surface area contributed by atoms with Crippen LogP contribution in [0.15, 0.2) is 42.7 Å². The first-order chi connectivity index (χ1) is 15.2. The summed E-state index contributed by atoms with van der Waals surface area (Å²) in [6.45, 7) is 5.65. The van der Waals surface area contributed by atoms with Gasteiger partial charge in [0, 0.05) is 52.9 Å². The second kappa shape index (κ2) is 8.43. The highest BCUT2D eigenvalue weighted by Gasteiger charge is 2.38. The van der Waals surface area contributed by atoms with Gasteiger partial charge in [-0.3, -0.25) is 9.69 Å². The van der Waals surface area contributed by atoms with Crippen molar-refractivity contribution in [3.05, 3.63) is 48.3 Å². The third-order valence-corrected chi connectivity index (χ3v) is 6.06. The molecule has 31 heavy (non-hydrogen) atoms. The monoisotopic (exact) mass is 418 g/mol. The summed E-state index contributed by atoms with van der Waals surface area (Å²) in [6, 6.07) is 10.3. The molecule has 0 unspecified atom stereocenters. The Bertz CT molecular complexity index is 1080. The molecule has 1 aromatic carbocycles. The van der Waals surface area contributed by atoms with E-state index in [4.69, 9.17) is 0 Å². The fourth-order valence-electron chi connectivity index (χ4n) is 4.19. The van der Waals surface area contributed by atoms with Crippen molar-refractivity contribution in [1.82, 2.24) is 34.8 Å². The standard InChI is InChI=1S/C22H26N8O/c1-27-20-19(25-26-27)21(24-16-23-20)30-14-18(15-30)22(31)29-12-10-28(11-13-29)9-5-8-17-6-3-2-4-7-17/h2-8,16,18H,9-15H2,1H3/b8-5+. The maximum Gasteiger partial charge on any atom is 0.229 e. The molecule has 2 aliphatic rings. The molecule has 0 aliphatic carbocycles. The van der Waals surface area contributed by atoms with Crippen LogP contribution < -0.4 is 4.90 Å². The van der Waals surface area contributed by atoms with E-state index in [2.05, 4.69) is 54.4 Å². The topological polar surface area (TPSA) is 83.3 Å². The van der Waals surface area contributed by atoms with Crippen molar-refractivity contribution < 1.29 is 4.79 Å². The van der Waals surface area contributed by atoms with Gasteiger partial charge in [0.1, 0.15) is 6.33 Å². The summed E-state index contributed by atoms with van der Waals surface area (Å²) in [4.78, 5) is 28.0. The number of carbonyl (C=O) groups excluding carboxylic acids is 1. The molecule has 0 bridgehead atoms. The van der Waals surface area contributed by atoms with Gasteiger partial charge in [0.15, 0.2) is 17.0 Å². The largest absolute Gasteiger partial charge is 0.353 e. The number of aromatic nitrogens is 5. The van der Waals surface area contributed by atoms with Gasteiger partial charge in [-0.2, -0.15) is 0 Å². The number of rotatable bonds is 5. The Morgan fingerprint density at radius 3 is 2.65 bits per heavy atom. The minimum absolute atomic E-state index is 0.0196. The summed E-state index contributed by atoms with van der Waals surface area (Å²) < 4.78 is 1.64. The number of amides is 1. The number of hydrogen-bond donors (Lipinski definition) is 0. The number of aryl methyl sites for hydroxylation is 1. The lowest BCUT2D eigenvalue weighted by Crippen LogP contribution is -2.58. The molecule has 4 heterocycles.